The minimum absolute atomic E-state index is 0.0308. The molecule has 3 atom stereocenters. The Bertz CT molecular complexity index is 274. The Balaban J connectivity index is 2.14. The summed E-state index contributed by atoms with van der Waals surface area (Å²) in [5.74, 6) is 0.797. The maximum atomic E-state index is 11.8. The van der Waals surface area contributed by atoms with E-state index in [1.54, 1.807) is 0 Å². The molecule has 3 fully saturated rings. The van der Waals surface area contributed by atoms with Gasteiger partial charge in [0, 0.05) is 6.42 Å². The van der Waals surface area contributed by atoms with E-state index in [1.165, 1.54) is 19.3 Å². The molecule has 1 saturated carbocycles. The van der Waals surface area contributed by atoms with Crippen LogP contribution in [0.25, 0.3) is 0 Å². The number of ketones is 1. The van der Waals surface area contributed by atoms with Crippen molar-refractivity contribution in [1.29, 1.82) is 0 Å². The molecule has 0 amide bonds. The maximum Gasteiger partial charge on any atom is 0.164 e. The molecular weight excluding hydrogens is 188 g/mol. The molecule has 0 radical (unpaired) electrons. The fraction of sp³-hybridized carbons (Fsp3) is 0.923. The van der Waals surface area contributed by atoms with Crippen LogP contribution in [0.3, 0.4) is 0 Å². The van der Waals surface area contributed by atoms with Crippen molar-refractivity contribution in [2.45, 2.75) is 70.5 Å². The molecule has 3 rings (SSSR count). The van der Waals surface area contributed by atoms with Crippen LogP contribution in [0.5, 0.6) is 0 Å². The lowest BCUT2D eigenvalue weighted by Gasteiger charge is -2.54. The zero-order chi connectivity index (χ0) is 11.1. The van der Waals surface area contributed by atoms with Gasteiger partial charge in [-0.05, 0) is 39.0 Å². The van der Waals surface area contributed by atoms with Crippen molar-refractivity contribution < 1.29 is 9.53 Å². The molecule has 0 aromatic carbocycles. The molecule has 0 N–H and O–H groups in total. The molecule has 0 unspecified atom stereocenters. The van der Waals surface area contributed by atoms with Crippen LogP contribution in [0.1, 0.15) is 59.3 Å². The SMILES string of the molecule is CCCC[C@]1(C)O[C@@]2(C)CC[C@@H]1CC2=O. The third-order valence-corrected chi connectivity index (χ3v) is 4.34. The number of hydrogen-bond acceptors (Lipinski definition) is 2. The molecular formula is C13H22O2. The van der Waals surface area contributed by atoms with Crippen molar-refractivity contribution in [1.82, 2.24) is 0 Å². The van der Waals surface area contributed by atoms with Gasteiger partial charge in [-0.3, -0.25) is 4.79 Å². The van der Waals surface area contributed by atoms with Crippen LogP contribution in [0, 0.1) is 5.92 Å². The minimum Gasteiger partial charge on any atom is -0.361 e. The molecule has 2 heterocycles. The zero-order valence-corrected chi connectivity index (χ0v) is 10.1. The largest absolute Gasteiger partial charge is 0.361 e. The first-order chi connectivity index (χ1) is 7.00. The number of ether oxygens (including phenoxy) is 1. The van der Waals surface area contributed by atoms with E-state index in [2.05, 4.69) is 13.8 Å². The van der Waals surface area contributed by atoms with E-state index in [9.17, 15) is 4.79 Å². The van der Waals surface area contributed by atoms with Crippen LogP contribution in [-0.2, 0) is 9.53 Å². The summed E-state index contributed by atoms with van der Waals surface area (Å²) in [4.78, 5) is 11.8. The number of Topliss-reactive ketones (excluding diaryl/α,β-unsaturated/α-hetero) is 1. The summed E-state index contributed by atoms with van der Waals surface area (Å²) < 4.78 is 6.13. The second-order valence-electron chi connectivity index (χ2n) is 5.61. The number of unbranched alkanes of at least 4 members (excludes halogenated alkanes) is 1. The molecule has 3 aliphatic rings. The number of carbonyl (C=O) groups is 1. The predicted molar refractivity (Wildman–Crippen MR) is 59.8 cm³/mol. The lowest BCUT2D eigenvalue weighted by molar-refractivity contribution is -0.229. The summed E-state index contributed by atoms with van der Waals surface area (Å²) in [6.45, 7) is 6.39. The number of fused-ring (bicyclic) bond motifs is 3. The van der Waals surface area contributed by atoms with Gasteiger partial charge >= 0.3 is 0 Å². The van der Waals surface area contributed by atoms with E-state index in [0.717, 1.165) is 19.3 Å². The Morgan fingerprint density at radius 3 is 2.73 bits per heavy atom. The molecule has 2 bridgehead atoms. The highest BCUT2D eigenvalue weighted by atomic mass is 16.5. The lowest BCUT2D eigenvalue weighted by atomic mass is 9.66. The van der Waals surface area contributed by atoms with Crippen molar-refractivity contribution in [3.8, 4) is 0 Å². The van der Waals surface area contributed by atoms with Crippen molar-refractivity contribution in [3.05, 3.63) is 0 Å². The molecule has 0 aromatic rings. The van der Waals surface area contributed by atoms with Gasteiger partial charge in [-0.1, -0.05) is 19.8 Å². The number of rotatable bonds is 3. The first kappa shape index (κ1) is 11.1. The van der Waals surface area contributed by atoms with Gasteiger partial charge in [0.2, 0.25) is 0 Å². The highest BCUT2D eigenvalue weighted by Gasteiger charge is 2.54. The van der Waals surface area contributed by atoms with Gasteiger partial charge < -0.3 is 4.74 Å². The number of carbonyl (C=O) groups excluding carboxylic acids is 1. The molecule has 1 aliphatic carbocycles. The molecule has 0 spiro atoms. The van der Waals surface area contributed by atoms with E-state index in [1.807, 2.05) is 6.92 Å². The van der Waals surface area contributed by atoms with Gasteiger partial charge in [0.1, 0.15) is 5.60 Å². The summed E-state index contributed by atoms with van der Waals surface area (Å²) in [6, 6.07) is 0. The Kier molecular flexibility index (Phi) is 2.66. The first-order valence-corrected chi connectivity index (χ1v) is 6.24. The van der Waals surface area contributed by atoms with E-state index < -0.39 is 5.60 Å². The molecule has 2 saturated heterocycles. The summed E-state index contributed by atoms with van der Waals surface area (Å²) in [5.41, 5.74) is -0.492. The summed E-state index contributed by atoms with van der Waals surface area (Å²) in [5, 5.41) is 0. The lowest BCUT2D eigenvalue weighted by Crippen LogP contribution is -2.60. The van der Waals surface area contributed by atoms with Crippen LogP contribution in [0.4, 0.5) is 0 Å². The Hall–Kier alpha value is -0.370. The maximum absolute atomic E-state index is 11.8. The van der Waals surface area contributed by atoms with Crippen molar-refractivity contribution >= 4 is 5.78 Å². The zero-order valence-electron chi connectivity index (χ0n) is 10.1. The molecule has 2 heteroatoms. The summed E-state index contributed by atoms with van der Waals surface area (Å²) >= 11 is 0. The normalized spacial score (nSPS) is 44.7. The average Bonchev–Trinajstić information content (AvgIpc) is 2.18. The standard InChI is InChI=1S/C13H22O2/c1-4-5-7-12(2)10-6-8-13(3,15-12)11(14)9-10/h10H,4-9H2,1-3H3/t10-,12+,13+/m1/s1. The van der Waals surface area contributed by atoms with Gasteiger partial charge in [0.05, 0.1) is 5.60 Å². The van der Waals surface area contributed by atoms with Crippen molar-refractivity contribution in [3.63, 3.8) is 0 Å². The topological polar surface area (TPSA) is 26.3 Å². The summed E-state index contributed by atoms with van der Waals surface area (Å²) in [7, 11) is 0. The second-order valence-corrected chi connectivity index (χ2v) is 5.61. The van der Waals surface area contributed by atoms with Gasteiger partial charge in [0.25, 0.3) is 0 Å². The van der Waals surface area contributed by atoms with Crippen molar-refractivity contribution in [2.75, 3.05) is 0 Å². The third kappa shape index (κ3) is 1.73. The van der Waals surface area contributed by atoms with Gasteiger partial charge in [-0.15, -0.1) is 0 Å². The second kappa shape index (κ2) is 3.58. The van der Waals surface area contributed by atoms with Crippen LogP contribution < -0.4 is 0 Å². The quantitative estimate of drug-likeness (QED) is 0.715. The Morgan fingerprint density at radius 1 is 1.47 bits per heavy atom. The molecule has 2 nitrogen and oxygen atoms in total. The van der Waals surface area contributed by atoms with E-state index >= 15 is 0 Å². The number of hydrogen-bond donors (Lipinski definition) is 0. The van der Waals surface area contributed by atoms with Crippen molar-refractivity contribution in [2.24, 2.45) is 5.92 Å². The molecule has 2 aliphatic heterocycles. The van der Waals surface area contributed by atoms with E-state index in [0.29, 0.717) is 11.7 Å². The predicted octanol–water partition coefficient (Wildman–Crippen LogP) is 3.09. The monoisotopic (exact) mass is 210 g/mol. The van der Waals surface area contributed by atoms with Crippen LogP contribution in [0.15, 0.2) is 0 Å². The van der Waals surface area contributed by atoms with Gasteiger partial charge in [-0.25, -0.2) is 0 Å². The molecule has 86 valence electrons. The average molecular weight is 210 g/mol. The molecule has 15 heavy (non-hydrogen) atoms. The van der Waals surface area contributed by atoms with Gasteiger partial charge in [-0.2, -0.15) is 0 Å². The van der Waals surface area contributed by atoms with Crippen LogP contribution >= 0.6 is 0 Å². The fourth-order valence-electron chi connectivity index (χ4n) is 3.14. The van der Waals surface area contributed by atoms with E-state index in [4.69, 9.17) is 4.74 Å². The van der Waals surface area contributed by atoms with Gasteiger partial charge in [0.15, 0.2) is 5.78 Å². The third-order valence-electron chi connectivity index (χ3n) is 4.34. The van der Waals surface area contributed by atoms with Crippen LogP contribution in [0.2, 0.25) is 0 Å². The first-order valence-electron chi connectivity index (χ1n) is 6.24. The fourth-order valence-corrected chi connectivity index (χ4v) is 3.14. The molecule has 0 aromatic heterocycles. The summed E-state index contributed by atoms with van der Waals surface area (Å²) in [6.07, 6.45) is 6.36. The van der Waals surface area contributed by atoms with Crippen LogP contribution in [-0.4, -0.2) is 17.0 Å². The highest BCUT2D eigenvalue weighted by molar-refractivity contribution is 5.88. The van der Waals surface area contributed by atoms with E-state index in [-0.39, 0.29) is 5.60 Å². The minimum atomic E-state index is -0.461. The Labute approximate surface area is 92.4 Å². The smallest absolute Gasteiger partial charge is 0.164 e. The Morgan fingerprint density at radius 2 is 2.20 bits per heavy atom. The highest BCUT2D eigenvalue weighted by Crippen LogP contribution is 2.49.